The molecule has 8 heteroatoms. The van der Waals surface area contributed by atoms with Crippen molar-refractivity contribution in [1.82, 2.24) is 9.97 Å². The number of fused-ring (bicyclic) bond motifs is 1. The molecule has 1 aromatic heterocycles. The summed E-state index contributed by atoms with van der Waals surface area (Å²) in [5.41, 5.74) is 1.64. The van der Waals surface area contributed by atoms with Crippen LogP contribution in [0.25, 0.3) is 0 Å². The number of alkyl halides is 2. The SMILES string of the molecule is CCOC(=O)c1cnc(NC2=C3CCC3/C2=C(\O)CC)nc1C(F)F. The zero-order chi connectivity index (χ0) is 18.1. The summed E-state index contributed by atoms with van der Waals surface area (Å²) in [4.78, 5) is 19.5. The molecule has 2 aliphatic carbocycles. The van der Waals surface area contributed by atoms with Crippen molar-refractivity contribution in [3.8, 4) is 0 Å². The molecule has 3 rings (SSSR count). The Hall–Kier alpha value is -2.51. The topological polar surface area (TPSA) is 84.3 Å². The fourth-order valence-corrected chi connectivity index (χ4v) is 3.10. The molecular weight excluding hydrogens is 332 g/mol. The molecule has 6 nitrogen and oxygen atoms in total. The standard InChI is InChI=1S/C17H19F2N3O3/c1-3-11(23)12-8-5-6-9(8)13(12)21-17-20-7-10(16(24)25-4-2)14(22-17)15(18)19/h7-8,15,23H,3-6H2,1-2H3,(H,20,21,22)/b12-11+. The number of hydrogen-bond donors (Lipinski definition) is 2. The molecule has 1 aromatic rings. The van der Waals surface area contributed by atoms with Crippen LogP contribution in [-0.2, 0) is 4.74 Å². The van der Waals surface area contributed by atoms with Gasteiger partial charge in [-0.25, -0.2) is 23.5 Å². The Morgan fingerprint density at radius 1 is 1.48 bits per heavy atom. The van der Waals surface area contributed by atoms with Gasteiger partial charge >= 0.3 is 5.97 Å². The fourth-order valence-electron chi connectivity index (χ4n) is 3.10. The van der Waals surface area contributed by atoms with Crippen LogP contribution in [0.2, 0.25) is 0 Å². The third kappa shape index (κ3) is 2.96. The Kier molecular flexibility index (Phi) is 4.69. The minimum absolute atomic E-state index is 0.0300. The number of allylic oxidation sites excluding steroid dienone is 3. The van der Waals surface area contributed by atoms with Gasteiger partial charge in [-0.2, -0.15) is 0 Å². The first-order valence-electron chi connectivity index (χ1n) is 8.22. The van der Waals surface area contributed by atoms with Crippen LogP contribution in [0.5, 0.6) is 0 Å². The number of carbonyl (C=O) groups excluding carboxylic acids is 1. The van der Waals surface area contributed by atoms with E-state index in [1.807, 2.05) is 6.92 Å². The van der Waals surface area contributed by atoms with Gasteiger partial charge in [0.1, 0.15) is 11.3 Å². The van der Waals surface area contributed by atoms with E-state index in [2.05, 4.69) is 15.3 Å². The van der Waals surface area contributed by atoms with Crippen LogP contribution in [0.1, 0.15) is 55.6 Å². The van der Waals surface area contributed by atoms with E-state index < -0.39 is 18.1 Å². The number of anilines is 1. The molecule has 1 saturated carbocycles. The maximum atomic E-state index is 13.3. The van der Waals surface area contributed by atoms with Gasteiger partial charge in [-0.1, -0.05) is 6.92 Å². The molecule has 0 aliphatic heterocycles. The highest BCUT2D eigenvalue weighted by molar-refractivity contribution is 5.90. The number of aliphatic hydroxyl groups excluding tert-OH is 1. The second-order valence-electron chi connectivity index (χ2n) is 5.84. The molecule has 0 aromatic carbocycles. The molecule has 2 N–H and O–H groups in total. The maximum absolute atomic E-state index is 13.3. The molecule has 0 radical (unpaired) electrons. The van der Waals surface area contributed by atoms with E-state index in [1.165, 1.54) is 0 Å². The number of aromatic nitrogens is 2. The average Bonchev–Trinajstić information content (AvgIpc) is 2.57. The van der Waals surface area contributed by atoms with Crippen molar-refractivity contribution in [2.75, 3.05) is 11.9 Å². The van der Waals surface area contributed by atoms with Gasteiger partial charge in [0, 0.05) is 29.8 Å². The Bertz CT molecular complexity index is 774. The highest BCUT2D eigenvalue weighted by atomic mass is 19.3. The molecule has 0 bridgehead atoms. The van der Waals surface area contributed by atoms with Crippen molar-refractivity contribution in [1.29, 1.82) is 0 Å². The quantitative estimate of drug-likeness (QED) is 0.597. The van der Waals surface area contributed by atoms with E-state index in [1.54, 1.807) is 6.92 Å². The van der Waals surface area contributed by atoms with Crippen molar-refractivity contribution in [2.24, 2.45) is 5.92 Å². The number of rotatable bonds is 6. The lowest BCUT2D eigenvalue weighted by Crippen LogP contribution is -2.35. The molecule has 0 amide bonds. The summed E-state index contributed by atoms with van der Waals surface area (Å²) < 4.78 is 31.3. The molecule has 1 heterocycles. The van der Waals surface area contributed by atoms with Gasteiger partial charge in [-0.3, -0.25) is 0 Å². The maximum Gasteiger partial charge on any atom is 0.341 e. The number of nitrogens with zero attached hydrogens (tertiary/aromatic N) is 2. The molecular formula is C17H19F2N3O3. The zero-order valence-electron chi connectivity index (χ0n) is 14.0. The lowest BCUT2D eigenvalue weighted by molar-refractivity contribution is 0.0513. The summed E-state index contributed by atoms with van der Waals surface area (Å²) in [5, 5.41) is 13.0. The molecule has 134 valence electrons. The molecule has 1 atom stereocenters. The van der Waals surface area contributed by atoms with Crippen LogP contribution in [-0.4, -0.2) is 27.7 Å². The van der Waals surface area contributed by atoms with Crippen LogP contribution < -0.4 is 5.32 Å². The third-order valence-corrected chi connectivity index (χ3v) is 4.46. The van der Waals surface area contributed by atoms with Crippen LogP contribution in [0.15, 0.2) is 28.8 Å². The van der Waals surface area contributed by atoms with Gasteiger partial charge in [-0.15, -0.1) is 0 Å². The van der Waals surface area contributed by atoms with E-state index in [-0.39, 0.29) is 29.8 Å². The monoisotopic (exact) mass is 351 g/mol. The van der Waals surface area contributed by atoms with E-state index in [0.717, 1.165) is 30.2 Å². The Labute approximate surface area is 143 Å². The summed E-state index contributed by atoms with van der Waals surface area (Å²) in [6.07, 6.45) is 0.480. The Balaban J connectivity index is 1.89. The molecule has 2 aliphatic rings. The predicted molar refractivity (Wildman–Crippen MR) is 86.3 cm³/mol. The first-order chi connectivity index (χ1) is 12.0. The van der Waals surface area contributed by atoms with Crippen molar-refractivity contribution >= 4 is 11.9 Å². The van der Waals surface area contributed by atoms with Crippen LogP contribution in [0, 0.1) is 5.92 Å². The highest BCUT2D eigenvalue weighted by Gasteiger charge is 2.43. The minimum Gasteiger partial charge on any atom is -0.512 e. The summed E-state index contributed by atoms with van der Waals surface area (Å²) in [5.74, 6) is -0.375. The van der Waals surface area contributed by atoms with Crippen molar-refractivity contribution in [2.45, 2.75) is 39.5 Å². The third-order valence-electron chi connectivity index (χ3n) is 4.46. The summed E-state index contributed by atoms with van der Waals surface area (Å²) >= 11 is 0. The fraction of sp³-hybridized carbons (Fsp3) is 0.471. The van der Waals surface area contributed by atoms with Gasteiger partial charge in [0.15, 0.2) is 0 Å². The first kappa shape index (κ1) is 17.3. The van der Waals surface area contributed by atoms with Gasteiger partial charge in [0.05, 0.1) is 12.4 Å². The predicted octanol–water partition coefficient (Wildman–Crippen LogP) is 3.90. The number of aliphatic hydroxyl groups is 1. The first-order valence-corrected chi connectivity index (χ1v) is 8.22. The molecule has 1 unspecified atom stereocenters. The summed E-state index contributed by atoms with van der Waals surface area (Å²) in [7, 11) is 0. The van der Waals surface area contributed by atoms with E-state index in [0.29, 0.717) is 12.1 Å². The normalized spacial score (nSPS) is 20.6. The number of nitrogens with one attached hydrogen (secondary N) is 1. The van der Waals surface area contributed by atoms with Crippen LogP contribution in [0.3, 0.4) is 0 Å². The smallest absolute Gasteiger partial charge is 0.341 e. The molecule has 0 saturated heterocycles. The van der Waals surface area contributed by atoms with Crippen molar-refractivity contribution in [3.05, 3.63) is 40.1 Å². The molecule has 0 spiro atoms. The Morgan fingerprint density at radius 3 is 2.80 bits per heavy atom. The zero-order valence-corrected chi connectivity index (χ0v) is 14.0. The second kappa shape index (κ2) is 6.78. The number of carbonyl (C=O) groups is 1. The average molecular weight is 351 g/mol. The van der Waals surface area contributed by atoms with Crippen LogP contribution in [0.4, 0.5) is 14.7 Å². The van der Waals surface area contributed by atoms with Gasteiger partial charge < -0.3 is 15.2 Å². The minimum atomic E-state index is -2.93. The largest absolute Gasteiger partial charge is 0.512 e. The number of halogens is 2. The van der Waals surface area contributed by atoms with Gasteiger partial charge in [-0.05, 0) is 25.3 Å². The highest BCUT2D eigenvalue weighted by Crippen LogP contribution is 2.54. The molecule has 1 fully saturated rings. The lowest BCUT2D eigenvalue weighted by Gasteiger charge is -2.45. The summed E-state index contributed by atoms with van der Waals surface area (Å²) in [6.45, 7) is 3.50. The van der Waals surface area contributed by atoms with E-state index >= 15 is 0 Å². The van der Waals surface area contributed by atoms with Gasteiger partial charge in [0.2, 0.25) is 5.95 Å². The van der Waals surface area contributed by atoms with Crippen molar-refractivity contribution in [3.63, 3.8) is 0 Å². The van der Waals surface area contributed by atoms with Crippen molar-refractivity contribution < 1.29 is 23.4 Å². The number of esters is 1. The van der Waals surface area contributed by atoms with E-state index in [9.17, 15) is 18.7 Å². The second-order valence-corrected chi connectivity index (χ2v) is 5.84. The number of hydrogen-bond acceptors (Lipinski definition) is 6. The van der Waals surface area contributed by atoms with Gasteiger partial charge in [0.25, 0.3) is 6.43 Å². The Morgan fingerprint density at radius 2 is 2.24 bits per heavy atom. The molecule has 25 heavy (non-hydrogen) atoms. The lowest BCUT2D eigenvalue weighted by atomic mass is 9.62. The number of ether oxygens (including phenoxy) is 1. The van der Waals surface area contributed by atoms with E-state index in [4.69, 9.17) is 4.74 Å². The van der Waals surface area contributed by atoms with Crippen LogP contribution >= 0.6 is 0 Å². The summed E-state index contributed by atoms with van der Waals surface area (Å²) in [6, 6.07) is 0.